The molecule has 26 heavy (non-hydrogen) atoms. The van der Waals surface area contributed by atoms with Crippen LogP contribution >= 0.6 is 0 Å². The van der Waals surface area contributed by atoms with Crippen molar-refractivity contribution < 1.29 is 19.1 Å². The highest BCUT2D eigenvalue weighted by atomic mass is 16.5. The number of ether oxygens (including phenoxy) is 2. The number of hydrogen-bond acceptors (Lipinski definition) is 4. The lowest BCUT2D eigenvalue weighted by molar-refractivity contribution is -0.160. The molecule has 3 rings (SSSR count). The third-order valence-corrected chi connectivity index (χ3v) is 4.44. The van der Waals surface area contributed by atoms with Crippen LogP contribution in [-0.4, -0.2) is 30.6 Å². The van der Waals surface area contributed by atoms with E-state index in [1.807, 2.05) is 60.8 Å². The average molecular weight is 351 g/mol. The molecule has 2 aromatic carbocycles. The number of methoxy groups -OCH3 is 1. The van der Waals surface area contributed by atoms with Crippen LogP contribution in [0.1, 0.15) is 24.0 Å². The zero-order valence-corrected chi connectivity index (χ0v) is 14.8. The van der Waals surface area contributed by atoms with Crippen LogP contribution < -0.4 is 0 Å². The highest BCUT2D eigenvalue weighted by Gasteiger charge is 2.40. The molecule has 0 bridgehead atoms. The summed E-state index contributed by atoms with van der Waals surface area (Å²) in [5.41, 5.74) is 2.65. The zero-order valence-electron chi connectivity index (χ0n) is 14.8. The fraction of sp³-hybridized carbons (Fsp3) is 0.238. The molecule has 0 spiro atoms. The first-order valence-electron chi connectivity index (χ1n) is 8.52. The van der Waals surface area contributed by atoms with Crippen LogP contribution in [0.25, 0.3) is 10.9 Å². The predicted molar refractivity (Wildman–Crippen MR) is 98.7 cm³/mol. The van der Waals surface area contributed by atoms with Gasteiger partial charge in [-0.2, -0.15) is 0 Å². The van der Waals surface area contributed by atoms with Gasteiger partial charge in [-0.1, -0.05) is 48.5 Å². The number of carbonyl (C=O) groups is 2. The largest absolute Gasteiger partial charge is 0.468 e. The molecule has 2 atom stereocenters. The van der Waals surface area contributed by atoms with Crippen LogP contribution in [0.5, 0.6) is 0 Å². The Hall–Kier alpha value is -3.08. The molecule has 134 valence electrons. The number of aromatic amines is 1. The van der Waals surface area contributed by atoms with Crippen LogP contribution in [0, 0.1) is 5.92 Å². The summed E-state index contributed by atoms with van der Waals surface area (Å²) < 4.78 is 10.1. The number of esters is 2. The van der Waals surface area contributed by atoms with E-state index in [9.17, 15) is 9.59 Å². The van der Waals surface area contributed by atoms with Gasteiger partial charge < -0.3 is 14.5 Å². The Morgan fingerprint density at radius 3 is 2.38 bits per heavy atom. The smallest absolute Gasteiger partial charge is 0.321 e. The van der Waals surface area contributed by atoms with Crippen molar-refractivity contribution in [2.24, 2.45) is 5.92 Å². The summed E-state index contributed by atoms with van der Waals surface area (Å²) in [6.45, 7) is 1.91. The van der Waals surface area contributed by atoms with E-state index < -0.39 is 23.8 Å². The third-order valence-electron chi connectivity index (χ3n) is 4.44. The maximum absolute atomic E-state index is 12.7. The van der Waals surface area contributed by atoms with Crippen LogP contribution in [0.4, 0.5) is 0 Å². The quantitative estimate of drug-likeness (QED) is 0.544. The Labute approximate surface area is 151 Å². The van der Waals surface area contributed by atoms with Gasteiger partial charge in [0.05, 0.1) is 13.7 Å². The Morgan fingerprint density at radius 2 is 1.69 bits per heavy atom. The van der Waals surface area contributed by atoms with E-state index in [0.29, 0.717) is 0 Å². The molecule has 0 aliphatic carbocycles. The molecule has 0 saturated carbocycles. The van der Waals surface area contributed by atoms with Crippen molar-refractivity contribution in [2.45, 2.75) is 12.8 Å². The van der Waals surface area contributed by atoms with E-state index in [-0.39, 0.29) is 6.61 Å². The van der Waals surface area contributed by atoms with E-state index in [0.717, 1.165) is 22.0 Å². The number of H-pyrrole nitrogens is 1. The monoisotopic (exact) mass is 351 g/mol. The SMILES string of the molecule is CCOC(=O)[C@@H](C(=O)OC)[C@H](c1ccccc1)c1c[nH]c2ccccc12. The number of benzene rings is 2. The number of rotatable bonds is 6. The molecular formula is C21H21NO4. The molecule has 5 nitrogen and oxygen atoms in total. The van der Waals surface area contributed by atoms with Crippen LogP contribution in [-0.2, 0) is 19.1 Å². The number of carbonyl (C=O) groups excluding carboxylic acids is 2. The molecule has 0 saturated heterocycles. The Kier molecular flexibility index (Phi) is 5.37. The van der Waals surface area contributed by atoms with Crippen molar-refractivity contribution in [3.8, 4) is 0 Å². The molecule has 1 N–H and O–H groups in total. The van der Waals surface area contributed by atoms with Crippen molar-refractivity contribution >= 4 is 22.8 Å². The second-order valence-electron chi connectivity index (χ2n) is 5.93. The Bertz CT molecular complexity index is 901. The molecule has 0 unspecified atom stereocenters. The van der Waals surface area contributed by atoms with Gasteiger partial charge in [0.2, 0.25) is 0 Å². The molecule has 1 aromatic heterocycles. The standard InChI is InChI=1S/C21H21NO4/c1-3-26-21(24)19(20(23)25-2)18(14-9-5-4-6-10-14)16-13-22-17-12-8-7-11-15(16)17/h4-13,18-19,22H,3H2,1-2H3/t18-,19-/m1/s1. The zero-order chi connectivity index (χ0) is 18.5. The first-order valence-corrected chi connectivity index (χ1v) is 8.52. The van der Waals surface area contributed by atoms with Gasteiger partial charge in [-0.05, 0) is 24.1 Å². The van der Waals surface area contributed by atoms with Gasteiger partial charge in [0.15, 0.2) is 5.92 Å². The molecule has 0 fully saturated rings. The van der Waals surface area contributed by atoms with Gasteiger partial charge in [0.25, 0.3) is 0 Å². The van der Waals surface area contributed by atoms with E-state index >= 15 is 0 Å². The molecular weight excluding hydrogens is 330 g/mol. The first kappa shape index (κ1) is 17.7. The lowest BCUT2D eigenvalue weighted by atomic mass is 9.80. The highest BCUT2D eigenvalue weighted by molar-refractivity contribution is 5.98. The van der Waals surface area contributed by atoms with E-state index in [2.05, 4.69) is 4.98 Å². The van der Waals surface area contributed by atoms with E-state index in [4.69, 9.17) is 9.47 Å². The summed E-state index contributed by atoms with van der Waals surface area (Å²) in [7, 11) is 1.28. The summed E-state index contributed by atoms with van der Waals surface area (Å²) in [5.74, 6) is -2.79. The number of aromatic nitrogens is 1. The topological polar surface area (TPSA) is 68.4 Å². The molecule has 0 aliphatic heterocycles. The average Bonchev–Trinajstić information content (AvgIpc) is 3.10. The summed E-state index contributed by atoms with van der Waals surface area (Å²) in [6, 6.07) is 17.3. The van der Waals surface area contributed by atoms with E-state index in [1.54, 1.807) is 6.92 Å². The van der Waals surface area contributed by atoms with Crippen LogP contribution in [0.15, 0.2) is 60.8 Å². The molecule has 5 heteroatoms. The molecule has 3 aromatic rings. The number of nitrogens with one attached hydrogen (secondary N) is 1. The molecule has 0 amide bonds. The highest BCUT2D eigenvalue weighted by Crippen LogP contribution is 2.37. The summed E-state index contributed by atoms with van der Waals surface area (Å²) in [4.78, 5) is 28.4. The number of fused-ring (bicyclic) bond motifs is 1. The predicted octanol–water partition coefficient (Wildman–Crippen LogP) is 3.65. The maximum Gasteiger partial charge on any atom is 0.321 e. The minimum atomic E-state index is -1.08. The summed E-state index contributed by atoms with van der Waals surface area (Å²) in [5, 5.41) is 0.958. The van der Waals surface area contributed by atoms with Crippen LogP contribution in [0.2, 0.25) is 0 Å². The number of para-hydroxylation sites is 1. The summed E-state index contributed by atoms with van der Waals surface area (Å²) in [6.07, 6.45) is 1.84. The minimum absolute atomic E-state index is 0.196. The van der Waals surface area contributed by atoms with Gasteiger partial charge in [0, 0.05) is 23.0 Å². The van der Waals surface area contributed by atoms with Crippen molar-refractivity contribution in [1.29, 1.82) is 0 Å². The van der Waals surface area contributed by atoms with E-state index in [1.165, 1.54) is 7.11 Å². The third kappa shape index (κ3) is 3.33. The van der Waals surface area contributed by atoms with Gasteiger partial charge >= 0.3 is 11.9 Å². The van der Waals surface area contributed by atoms with Crippen molar-refractivity contribution in [3.63, 3.8) is 0 Å². The normalized spacial score (nSPS) is 13.2. The molecule has 0 aliphatic rings. The number of hydrogen-bond donors (Lipinski definition) is 1. The minimum Gasteiger partial charge on any atom is -0.468 e. The van der Waals surface area contributed by atoms with Crippen LogP contribution in [0.3, 0.4) is 0 Å². The molecule has 1 heterocycles. The van der Waals surface area contributed by atoms with Gasteiger partial charge in [-0.25, -0.2) is 0 Å². The Morgan fingerprint density at radius 1 is 1.00 bits per heavy atom. The van der Waals surface area contributed by atoms with Crippen molar-refractivity contribution in [1.82, 2.24) is 4.98 Å². The maximum atomic E-state index is 12.7. The first-order chi connectivity index (χ1) is 12.7. The fourth-order valence-electron chi connectivity index (χ4n) is 3.29. The van der Waals surface area contributed by atoms with Gasteiger partial charge in [-0.3, -0.25) is 9.59 Å². The van der Waals surface area contributed by atoms with Gasteiger partial charge in [0.1, 0.15) is 0 Å². The van der Waals surface area contributed by atoms with Gasteiger partial charge in [-0.15, -0.1) is 0 Å². The molecule has 0 radical (unpaired) electrons. The lowest BCUT2D eigenvalue weighted by Gasteiger charge is -2.24. The second-order valence-corrected chi connectivity index (χ2v) is 5.93. The summed E-state index contributed by atoms with van der Waals surface area (Å²) >= 11 is 0. The van der Waals surface area contributed by atoms with Crippen molar-refractivity contribution in [2.75, 3.05) is 13.7 Å². The van der Waals surface area contributed by atoms with Crippen molar-refractivity contribution in [3.05, 3.63) is 71.9 Å². The fourth-order valence-corrected chi connectivity index (χ4v) is 3.29. The Balaban J connectivity index is 2.20. The second kappa shape index (κ2) is 7.87. The lowest BCUT2D eigenvalue weighted by Crippen LogP contribution is -2.33.